The molecule has 0 amide bonds. The summed E-state index contributed by atoms with van der Waals surface area (Å²) in [5.41, 5.74) is -0.335. The number of hydrogen-bond donors (Lipinski definition) is 3. The third kappa shape index (κ3) is 4.37. The zero-order valence-electron chi connectivity index (χ0n) is 12.4. The summed E-state index contributed by atoms with van der Waals surface area (Å²) in [6.45, 7) is 1.67. The standard InChI is InChI=1S/C14H24O8/c15-6-11-13(18)10(17)5-12(22-11)21-8-14(7-20-9-16)1-3-19-4-2-14/h9-13,15,17-18H,1-8H2. The number of aliphatic hydroxyl groups excluding tert-OH is 3. The second kappa shape index (κ2) is 8.19. The van der Waals surface area contributed by atoms with Crippen LogP contribution in [0.25, 0.3) is 0 Å². The lowest BCUT2D eigenvalue weighted by Crippen LogP contribution is -2.51. The van der Waals surface area contributed by atoms with Gasteiger partial charge in [0.25, 0.3) is 6.47 Å². The molecule has 0 aliphatic carbocycles. The normalized spacial score (nSPS) is 35.0. The van der Waals surface area contributed by atoms with Gasteiger partial charge in [-0.05, 0) is 12.8 Å². The summed E-state index contributed by atoms with van der Waals surface area (Å²) in [4.78, 5) is 10.4. The minimum atomic E-state index is -1.12. The largest absolute Gasteiger partial charge is 0.467 e. The van der Waals surface area contributed by atoms with Crippen LogP contribution in [0.3, 0.4) is 0 Å². The summed E-state index contributed by atoms with van der Waals surface area (Å²) >= 11 is 0. The molecule has 0 radical (unpaired) electrons. The van der Waals surface area contributed by atoms with E-state index in [9.17, 15) is 15.0 Å². The predicted molar refractivity (Wildman–Crippen MR) is 72.8 cm³/mol. The van der Waals surface area contributed by atoms with Crippen LogP contribution in [-0.2, 0) is 23.7 Å². The van der Waals surface area contributed by atoms with Crippen molar-refractivity contribution in [1.82, 2.24) is 0 Å². The van der Waals surface area contributed by atoms with Gasteiger partial charge in [-0.2, -0.15) is 0 Å². The lowest BCUT2D eigenvalue weighted by molar-refractivity contribution is -0.267. The van der Waals surface area contributed by atoms with Gasteiger partial charge in [0.15, 0.2) is 6.29 Å². The van der Waals surface area contributed by atoms with Gasteiger partial charge in [0, 0.05) is 25.0 Å². The van der Waals surface area contributed by atoms with Gasteiger partial charge >= 0.3 is 0 Å². The van der Waals surface area contributed by atoms with Crippen molar-refractivity contribution >= 4 is 6.47 Å². The van der Waals surface area contributed by atoms with Crippen LogP contribution in [-0.4, -0.2) is 79.4 Å². The first-order valence-electron chi connectivity index (χ1n) is 7.47. The topological polar surface area (TPSA) is 115 Å². The maximum absolute atomic E-state index is 10.4. The molecular weight excluding hydrogens is 296 g/mol. The lowest BCUT2D eigenvalue weighted by Gasteiger charge is -2.40. The van der Waals surface area contributed by atoms with Crippen LogP contribution in [0.1, 0.15) is 19.3 Å². The number of carbonyl (C=O) groups excluding carboxylic acids is 1. The Morgan fingerprint density at radius 2 is 1.95 bits per heavy atom. The highest BCUT2D eigenvalue weighted by atomic mass is 16.7. The fourth-order valence-corrected chi connectivity index (χ4v) is 2.79. The van der Waals surface area contributed by atoms with Gasteiger partial charge in [0.1, 0.15) is 12.2 Å². The fraction of sp³-hybridized carbons (Fsp3) is 0.929. The molecule has 2 aliphatic heterocycles. The van der Waals surface area contributed by atoms with Crippen LogP contribution in [0.2, 0.25) is 0 Å². The molecule has 2 saturated heterocycles. The van der Waals surface area contributed by atoms with Gasteiger partial charge in [0.2, 0.25) is 0 Å². The van der Waals surface area contributed by atoms with Crippen molar-refractivity contribution in [2.24, 2.45) is 5.41 Å². The van der Waals surface area contributed by atoms with E-state index in [1.165, 1.54) is 0 Å². The molecule has 128 valence electrons. The third-order valence-electron chi connectivity index (χ3n) is 4.30. The molecule has 8 nitrogen and oxygen atoms in total. The van der Waals surface area contributed by atoms with Crippen molar-refractivity contribution in [3.05, 3.63) is 0 Å². The molecule has 22 heavy (non-hydrogen) atoms. The van der Waals surface area contributed by atoms with Gasteiger partial charge in [-0.25, -0.2) is 0 Å². The molecule has 2 rings (SSSR count). The molecule has 0 bridgehead atoms. The molecule has 0 aromatic heterocycles. The molecule has 4 atom stereocenters. The maximum Gasteiger partial charge on any atom is 0.293 e. The van der Waals surface area contributed by atoms with Crippen LogP contribution in [0, 0.1) is 5.41 Å². The quantitative estimate of drug-likeness (QED) is 0.501. The van der Waals surface area contributed by atoms with Gasteiger partial charge in [0.05, 0.1) is 25.9 Å². The first-order valence-corrected chi connectivity index (χ1v) is 7.47. The highest BCUT2D eigenvalue weighted by Gasteiger charge is 2.39. The molecule has 0 aromatic carbocycles. The Morgan fingerprint density at radius 3 is 2.59 bits per heavy atom. The molecular formula is C14H24O8. The predicted octanol–water partition coefficient (Wildman–Crippen LogP) is -1.20. The number of hydrogen-bond acceptors (Lipinski definition) is 8. The van der Waals surface area contributed by atoms with Crippen molar-refractivity contribution in [2.75, 3.05) is 33.0 Å². The zero-order chi connectivity index (χ0) is 16.0. The SMILES string of the molecule is O=COCC1(COC2CC(O)C(O)C(CO)O2)CCOCC1. The van der Waals surface area contributed by atoms with E-state index in [1.807, 2.05) is 0 Å². The average molecular weight is 320 g/mol. The molecule has 4 unspecified atom stereocenters. The molecule has 0 spiro atoms. The Bertz CT molecular complexity index is 344. The summed E-state index contributed by atoms with van der Waals surface area (Å²) in [5, 5.41) is 28.6. The fourth-order valence-electron chi connectivity index (χ4n) is 2.79. The highest BCUT2D eigenvalue weighted by molar-refractivity contribution is 5.37. The highest BCUT2D eigenvalue weighted by Crippen LogP contribution is 2.32. The zero-order valence-corrected chi connectivity index (χ0v) is 12.4. The number of aliphatic hydroxyl groups is 3. The van der Waals surface area contributed by atoms with E-state index < -0.39 is 31.2 Å². The molecule has 3 N–H and O–H groups in total. The maximum atomic E-state index is 10.4. The summed E-state index contributed by atoms with van der Waals surface area (Å²) < 4.78 is 21.4. The lowest BCUT2D eigenvalue weighted by atomic mass is 9.82. The Hall–Kier alpha value is -0.770. The molecule has 0 saturated carbocycles. The molecule has 0 aromatic rings. The first kappa shape index (κ1) is 17.6. The third-order valence-corrected chi connectivity index (χ3v) is 4.30. The summed E-state index contributed by atoms with van der Waals surface area (Å²) in [5.74, 6) is 0. The summed E-state index contributed by atoms with van der Waals surface area (Å²) in [6, 6.07) is 0. The first-order chi connectivity index (χ1) is 10.6. The molecule has 2 heterocycles. The average Bonchev–Trinajstić information content (AvgIpc) is 2.55. The van der Waals surface area contributed by atoms with E-state index in [-0.39, 0.29) is 25.0 Å². The van der Waals surface area contributed by atoms with Crippen LogP contribution in [0.15, 0.2) is 0 Å². The van der Waals surface area contributed by atoms with Crippen molar-refractivity contribution in [2.45, 2.75) is 43.9 Å². The van der Waals surface area contributed by atoms with Gasteiger partial charge in [-0.3, -0.25) is 4.79 Å². The van der Waals surface area contributed by atoms with E-state index in [4.69, 9.17) is 24.1 Å². The van der Waals surface area contributed by atoms with Crippen molar-refractivity contribution in [1.29, 1.82) is 0 Å². The minimum absolute atomic E-state index is 0.124. The number of ether oxygens (including phenoxy) is 4. The van der Waals surface area contributed by atoms with Crippen LogP contribution < -0.4 is 0 Å². The summed E-state index contributed by atoms with van der Waals surface area (Å²) in [6.07, 6.45) is -2.20. The Labute approximate surface area is 128 Å². The second-order valence-corrected chi connectivity index (χ2v) is 5.91. The van der Waals surface area contributed by atoms with Gasteiger partial charge in [-0.1, -0.05) is 0 Å². The Kier molecular flexibility index (Phi) is 6.54. The Balaban J connectivity index is 1.89. The van der Waals surface area contributed by atoms with Gasteiger partial charge < -0.3 is 34.3 Å². The van der Waals surface area contributed by atoms with Crippen molar-refractivity contribution in [3.63, 3.8) is 0 Å². The molecule has 2 aliphatic rings. The summed E-state index contributed by atoms with van der Waals surface area (Å²) in [7, 11) is 0. The van der Waals surface area contributed by atoms with E-state index in [1.54, 1.807) is 0 Å². The van der Waals surface area contributed by atoms with Crippen LogP contribution in [0.5, 0.6) is 0 Å². The molecule has 2 fully saturated rings. The number of rotatable bonds is 7. The molecule has 8 heteroatoms. The second-order valence-electron chi connectivity index (χ2n) is 5.91. The van der Waals surface area contributed by atoms with E-state index in [0.29, 0.717) is 32.5 Å². The van der Waals surface area contributed by atoms with E-state index in [2.05, 4.69) is 0 Å². The number of carbonyl (C=O) groups is 1. The van der Waals surface area contributed by atoms with Crippen molar-refractivity contribution in [3.8, 4) is 0 Å². The Morgan fingerprint density at radius 1 is 1.23 bits per heavy atom. The van der Waals surface area contributed by atoms with E-state index in [0.717, 1.165) is 0 Å². The smallest absolute Gasteiger partial charge is 0.293 e. The van der Waals surface area contributed by atoms with Crippen LogP contribution >= 0.6 is 0 Å². The van der Waals surface area contributed by atoms with E-state index >= 15 is 0 Å². The monoisotopic (exact) mass is 320 g/mol. The van der Waals surface area contributed by atoms with Gasteiger partial charge in [-0.15, -0.1) is 0 Å². The van der Waals surface area contributed by atoms with Crippen LogP contribution in [0.4, 0.5) is 0 Å². The minimum Gasteiger partial charge on any atom is -0.467 e. The van der Waals surface area contributed by atoms with Crippen molar-refractivity contribution < 1.29 is 39.1 Å².